The van der Waals surface area contributed by atoms with E-state index >= 15 is 0 Å². The van der Waals surface area contributed by atoms with E-state index in [9.17, 15) is 9.59 Å². The number of aliphatic hydroxyl groups excluding tert-OH is 1. The van der Waals surface area contributed by atoms with Gasteiger partial charge < -0.3 is 15.3 Å². The van der Waals surface area contributed by atoms with Gasteiger partial charge in [-0.1, -0.05) is 17.9 Å². The van der Waals surface area contributed by atoms with E-state index in [1.807, 2.05) is 19.9 Å². The highest BCUT2D eigenvalue weighted by Gasteiger charge is 2.19. The van der Waals surface area contributed by atoms with Crippen LogP contribution in [0.4, 0.5) is 0 Å². The lowest BCUT2D eigenvalue weighted by molar-refractivity contribution is -0.121. The zero-order chi connectivity index (χ0) is 15.8. The fourth-order valence-corrected chi connectivity index (χ4v) is 1.83. The number of carbonyl (C=O) groups is 2. The minimum absolute atomic E-state index is 0.00653. The van der Waals surface area contributed by atoms with Crippen molar-refractivity contribution in [1.29, 1.82) is 0 Å². The van der Waals surface area contributed by atoms with Crippen molar-refractivity contribution in [2.75, 3.05) is 26.7 Å². The first-order chi connectivity index (χ1) is 10.0. The molecule has 2 N–H and O–H groups in total. The molecule has 1 aromatic carbocycles. The third kappa shape index (κ3) is 4.62. The molecule has 0 spiro atoms. The van der Waals surface area contributed by atoms with E-state index < -0.39 is 0 Å². The van der Waals surface area contributed by atoms with Crippen LogP contribution >= 0.6 is 0 Å². The Labute approximate surface area is 125 Å². The summed E-state index contributed by atoms with van der Waals surface area (Å²) in [6.45, 7) is 3.88. The van der Waals surface area contributed by atoms with E-state index in [-0.39, 0.29) is 25.0 Å². The van der Waals surface area contributed by atoms with Gasteiger partial charge in [0, 0.05) is 19.2 Å². The van der Waals surface area contributed by atoms with Gasteiger partial charge in [0.2, 0.25) is 5.91 Å². The number of aliphatic hydroxyl groups is 1. The van der Waals surface area contributed by atoms with Gasteiger partial charge in [0.1, 0.15) is 6.61 Å². The van der Waals surface area contributed by atoms with Gasteiger partial charge in [-0.2, -0.15) is 0 Å². The lowest BCUT2D eigenvalue weighted by Gasteiger charge is -2.20. The Hall–Kier alpha value is -2.32. The van der Waals surface area contributed by atoms with Crippen molar-refractivity contribution < 1.29 is 14.7 Å². The Bertz CT molecular complexity index is 585. The van der Waals surface area contributed by atoms with Crippen molar-refractivity contribution in [3.8, 4) is 11.8 Å². The monoisotopic (exact) mass is 288 g/mol. The molecule has 0 saturated carbocycles. The summed E-state index contributed by atoms with van der Waals surface area (Å²) in [4.78, 5) is 25.5. The number of rotatable bonds is 4. The van der Waals surface area contributed by atoms with Crippen LogP contribution in [0.2, 0.25) is 0 Å². The van der Waals surface area contributed by atoms with Crippen molar-refractivity contribution in [3.05, 3.63) is 34.9 Å². The smallest absolute Gasteiger partial charge is 0.255 e. The first-order valence-electron chi connectivity index (χ1n) is 6.73. The summed E-state index contributed by atoms with van der Waals surface area (Å²) < 4.78 is 0. The molecule has 0 saturated heterocycles. The highest BCUT2D eigenvalue weighted by Crippen LogP contribution is 2.13. The molecule has 0 aromatic heterocycles. The number of aryl methyl sites for hydroxylation is 1. The van der Waals surface area contributed by atoms with Crippen LogP contribution in [0.25, 0.3) is 0 Å². The molecular formula is C16H20N2O3. The van der Waals surface area contributed by atoms with Gasteiger partial charge in [0.05, 0.1) is 12.1 Å². The van der Waals surface area contributed by atoms with Crippen LogP contribution in [-0.4, -0.2) is 48.6 Å². The average molecular weight is 288 g/mol. The fourth-order valence-electron chi connectivity index (χ4n) is 1.83. The van der Waals surface area contributed by atoms with Crippen molar-refractivity contribution in [2.45, 2.75) is 13.8 Å². The molecule has 112 valence electrons. The van der Waals surface area contributed by atoms with Crippen LogP contribution in [0.1, 0.15) is 28.4 Å². The predicted octanol–water partition coefficient (Wildman–Crippen LogP) is 0.547. The number of amides is 2. The molecule has 0 heterocycles. The normalized spacial score (nSPS) is 9.52. The maximum Gasteiger partial charge on any atom is 0.255 e. The molecule has 5 nitrogen and oxygen atoms in total. The summed E-state index contributed by atoms with van der Waals surface area (Å²) in [5.41, 5.74) is 1.97. The van der Waals surface area contributed by atoms with Crippen LogP contribution in [0.3, 0.4) is 0 Å². The van der Waals surface area contributed by atoms with Crippen LogP contribution in [-0.2, 0) is 4.79 Å². The average Bonchev–Trinajstić information content (AvgIpc) is 2.49. The van der Waals surface area contributed by atoms with E-state index in [0.717, 1.165) is 5.56 Å². The molecule has 0 unspecified atom stereocenters. The summed E-state index contributed by atoms with van der Waals surface area (Å²) in [6, 6.07) is 5.32. The second-order valence-corrected chi connectivity index (χ2v) is 4.50. The molecule has 5 heteroatoms. The third-order valence-electron chi connectivity index (χ3n) is 2.99. The molecule has 1 rings (SSSR count). The molecule has 0 fully saturated rings. The number of likely N-dealkylation sites (N-methyl/N-ethyl adjacent to an activating group) is 2. The van der Waals surface area contributed by atoms with Gasteiger partial charge >= 0.3 is 0 Å². The Morgan fingerprint density at radius 1 is 1.38 bits per heavy atom. The molecule has 0 atom stereocenters. The third-order valence-corrected chi connectivity index (χ3v) is 2.99. The molecule has 0 aliphatic rings. The molecule has 2 amide bonds. The van der Waals surface area contributed by atoms with E-state index in [2.05, 4.69) is 17.2 Å². The quantitative estimate of drug-likeness (QED) is 0.795. The second kappa shape index (κ2) is 8.08. The molecule has 0 aliphatic carbocycles. The van der Waals surface area contributed by atoms with Crippen molar-refractivity contribution >= 4 is 11.8 Å². The van der Waals surface area contributed by atoms with E-state index in [1.54, 1.807) is 12.1 Å². The Morgan fingerprint density at radius 3 is 2.67 bits per heavy atom. The van der Waals surface area contributed by atoms with E-state index in [4.69, 9.17) is 5.11 Å². The highest BCUT2D eigenvalue weighted by molar-refractivity contribution is 5.98. The second-order valence-electron chi connectivity index (χ2n) is 4.50. The van der Waals surface area contributed by atoms with E-state index in [0.29, 0.717) is 17.7 Å². The summed E-state index contributed by atoms with van der Waals surface area (Å²) in [5.74, 6) is 4.87. The van der Waals surface area contributed by atoms with Crippen molar-refractivity contribution in [1.82, 2.24) is 10.2 Å². The zero-order valence-electron chi connectivity index (χ0n) is 12.6. The van der Waals surface area contributed by atoms with Crippen molar-refractivity contribution in [2.24, 2.45) is 0 Å². The van der Waals surface area contributed by atoms with Gasteiger partial charge in [-0.15, -0.1) is 0 Å². The van der Waals surface area contributed by atoms with Crippen LogP contribution in [0.5, 0.6) is 0 Å². The largest absolute Gasteiger partial charge is 0.384 e. The Kier molecular flexibility index (Phi) is 6.44. The lowest BCUT2D eigenvalue weighted by Crippen LogP contribution is -2.39. The molecule has 0 aliphatic heterocycles. The number of carbonyl (C=O) groups excluding carboxylic acids is 2. The number of hydrogen-bond donors (Lipinski definition) is 2. The zero-order valence-corrected chi connectivity index (χ0v) is 12.6. The summed E-state index contributed by atoms with van der Waals surface area (Å²) in [5, 5.41) is 11.3. The van der Waals surface area contributed by atoms with Crippen LogP contribution < -0.4 is 5.32 Å². The molecule has 1 aromatic rings. The summed E-state index contributed by atoms with van der Waals surface area (Å²) in [6.07, 6.45) is 0. The maximum absolute atomic E-state index is 12.5. The number of nitrogens with zero attached hydrogens (tertiary/aromatic N) is 1. The summed E-state index contributed by atoms with van der Waals surface area (Å²) >= 11 is 0. The topological polar surface area (TPSA) is 69.6 Å². The molecular weight excluding hydrogens is 268 g/mol. The minimum Gasteiger partial charge on any atom is -0.384 e. The maximum atomic E-state index is 12.5. The number of nitrogens with one attached hydrogen (secondary N) is 1. The van der Waals surface area contributed by atoms with E-state index in [1.165, 1.54) is 11.9 Å². The Morgan fingerprint density at radius 2 is 2.10 bits per heavy atom. The van der Waals surface area contributed by atoms with Crippen molar-refractivity contribution in [3.63, 3.8) is 0 Å². The Balaban J connectivity index is 3.12. The fraction of sp³-hybridized carbons (Fsp3) is 0.375. The van der Waals surface area contributed by atoms with Gasteiger partial charge in [-0.05, 0) is 31.5 Å². The molecule has 0 bridgehead atoms. The number of hydrogen-bond acceptors (Lipinski definition) is 3. The summed E-state index contributed by atoms with van der Waals surface area (Å²) in [7, 11) is 1.53. The van der Waals surface area contributed by atoms with Gasteiger partial charge in [0.25, 0.3) is 5.91 Å². The van der Waals surface area contributed by atoms with Crippen LogP contribution in [0.15, 0.2) is 18.2 Å². The standard InChI is InChI=1S/C16H20N2O3/c1-4-18(11-15(20)17-3)16(21)14-8-7-12(2)10-13(14)6-5-9-19/h7-8,10,19H,4,9,11H2,1-3H3,(H,17,20). The predicted molar refractivity (Wildman–Crippen MR) is 80.8 cm³/mol. The number of benzene rings is 1. The van der Waals surface area contributed by atoms with Crippen LogP contribution in [0, 0.1) is 18.8 Å². The van der Waals surface area contributed by atoms with Gasteiger partial charge in [-0.3, -0.25) is 9.59 Å². The minimum atomic E-state index is -0.267. The first kappa shape index (κ1) is 16.7. The first-order valence-corrected chi connectivity index (χ1v) is 6.73. The SMILES string of the molecule is CCN(CC(=O)NC)C(=O)c1ccc(C)cc1C#CCO. The highest BCUT2D eigenvalue weighted by atomic mass is 16.2. The van der Waals surface area contributed by atoms with Gasteiger partial charge in [-0.25, -0.2) is 0 Å². The van der Waals surface area contributed by atoms with Gasteiger partial charge in [0.15, 0.2) is 0 Å². The molecule has 21 heavy (non-hydrogen) atoms. The molecule has 0 radical (unpaired) electrons. The lowest BCUT2D eigenvalue weighted by atomic mass is 10.0.